The monoisotopic (exact) mass is 357 g/mol. The Morgan fingerprint density at radius 2 is 1.88 bits per heavy atom. The normalized spacial score (nSPS) is 25.4. The first kappa shape index (κ1) is 21.7. The molecular weight excluding hydrogens is 322 g/mol. The zero-order chi connectivity index (χ0) is 19.2. The van der Waals surface area contributed by atoms with Gasteiger partial charge < -0.3 is 19.9 Å². The van der Waals surface area contributed by atoms with Gasteiger partial charge in [-0.05, 0) is 51.4 Å². The summed E-state index contributed by atoms with van der Waals surface area (Å²) < 4.78 is 11.0. The molecule has 0 spiro atoms. The molecule has 1 aliphatic carbocycles. The van der Waals surface area contributed by atoms with E-state index in [2.05, 4.69) is 26.1 Å². The quantitative estimate of drug-likeness (QED) is 0.713. The van der Waals surface area contributed by atoms with Crippen molar-refractivity contribution in [3.8, 4) is 0 Å². The van der Waals surface area contributed by atoms with Crippen molar-refractivity contribution < 1.29 is 24.2 Å². The van der Waals surface area contributed by atoms with E-state index in [0.29, 0.717) is 17.8 Å². The predicted octanol–water partition coefficient (Wildman–Crippen LogP) is 3.27. The molecule has 0 aromatic heterocycles. The molecule has 0 bridgehead atoms. The van der Waals surface area contributed by atoms with Crippen LogP contribution in [0.2, 0.25) is 0 Å². The summed E-state index contributed by atoms with van der Waals surface area (Å²) in [4.78, 5) is 24.5. The van der Waals surface area contributed by atoms with Crippen molar-refractivity contribution >= 4 is 12.1 Å². The molecule has 0 aromatic carbocycles. The average Bonchev–Trinajstić information content (AvgIpc) is 2.44. The van der Waals surface area contributed by atoms with Crippen molar-refractivity contribution in [2.75, 3.05) is 6.61 Å². The van der Waals surface area contributed by atoms with Crippen LogP contribution < -0.4 is 5.32 Å². The number of carbonyl (C=O) groups is 2. The van der Waals surface area contributed by atoms with E-state index in [1.54, 1.807) is 20.8 Å². The van der Waals surface area contributed by atoms with Gasteiger partial charge in [0.2, 0.25) is 0 Å². The minimum absolute atomic E-state index is 0.104. The maximum absolute atomic E-state index is 12.6. The zero-order valence-electron chi connectivity index (χ0n) is 16.5. The van der Waals surface area contributed by atoms with Crippen molar-refractivity contribution in [1.82, 2.24) is 5.32 Å². The third kappa shape index (κ3) is 7.63. The summed E-state index contributed by atoms with van der Waals surface area (Å²) >= 11 is 0. The molecule has 25 heavy (non-hydrogen) atoms. The summed E-state index contributed by atoms with van der Waals surface area (Å²) in [5.41, 5.74) is -0.653. The second-order valence-corrected chi connectivity index (χ2v) is 8.51. The molecule has 1 saturated carbocycles. The summed E-state index contributed by atoms with van der Waals surface area (Å²) in [5.74, 6) is 0.782. The number of hydrogen-bond acceptors (Lipinski definition) is 5. The molecule has 0 unspecified atom stereocenters. The lowest BCUT2D eigenvalue weighted by Gasteiger charge is -2.37. The van der Waals surface area contributed by atoms with Crippen LogP contribution in [0.25, 0.3) is 0 Å². The van der Waals surface area contributed by atoms with Gasteiger partial charge in [-0.1, -0.05) is 27.2 Å². The summed E-state index contributed by atoms with van der Waals surface area (Å²) in [6, 6.07) is -0.898. The molecule has 6 nitrogen and oxygen atoms in total. The lowest BCUT2D eigenvalue weighted by Crippen LogP contribution is -2.47. The van der Waals surface area contributed by atoms with Gasteiger partial charge in [0.15, 0.2) is 0 Å². The Bertz CT molecular complexity index is 444. The molecule has 4 atom stereocenters. The minimum atomic E-state index is -0.898. The number of aliphatic hydroxyl groups excluding tert-OH is 1. The predicted molar refractivity (Wildman–Crippen MR) is 96.1 cm³/mol. The molecule has 1 amide bonds. The molecule has 0 radical (unpaired) electrons. The SMILES string of the molecule is CC(C)[C@@H]1CC[C@@H](C)C[C@H]1OC(=O)[C@H](CCO)NC(=O)OC(C)(C)C. The van der Waals surface area contributed by atoms with E-state index in [4.69, 9.17) is 9.47 Å². The number of ether oxygens (including phenoxy) is 2. The van der Waals surface area contributed by atoms with Crippen LogP contribution in [0.1, 0.15) is 67.2 Å². The lowest BCUT2D eigenvalue weighted by molar-refractivity contribution is -0.159. The number of carbonyl (C=O) groups excluding carboxylic acids is 2. The number of aliphatic hydroxyl groups is 1. The van der Waals surface area contributed by atoms with E-state index in [9.17, 15) is 14.7 Å². The topological polar surface area (TPSA) is 84.9 Å². The fraction of sp³-hybridized carbons (Fsp3) is 0.895. The zero-order valence-corrected chi connectivity index (χ0v) is 16.5. The van der Waals surface area contributed by atoms with Gasteiger partial charge in [0, 0.05) is 13.0 Å². The van der Waals surface area contributed by atoms with Gasteiger partial charge in [-0.2, -0.15) is 0 Å². The van der Waals surface area contributed by atoms with E-state index in [-0.39, 0.29) is 19.1 Å². The second kappa shape index (κ2) is 9.41. The van der Waals surface area contributed by atoms with E-state index in [0.717, 1.165) is 19.3 Å². The molecule has 1 fully saturated rings. The molecule has 0 saturated heterocycles. The number of hydrogen-bond donors (Lipinski definition) is 2. The second-order valence-electron chi connectivity index (χ2n) is 8.51. The Labute approximate surface area is 151 Å². The fourth-order valence-corrected chi connectivity index (χ4v) is 3.31. The third-order valence-electron chi connectivity index (χ3n) is 4.62. The summed E-state index contributed by atoms with van der Waals surface area (Å²) in [5, 5.41) is 11.7. The van der Waals surface area contributed by atoms with Gasteiger partial charge in [-0.25, -0.2) is 9.59 Å². The van der Waals surface area contributed by atoms with E-state index < -0.39 is 23.7 Å². The van der Waals surface area contributed by atoms with Gasteiger partial charge in [-0.15, -0.1) is 0 Å². The average molecular weight is 357 g/mol. The summed E-state index contributed by atoms with van der Waals surface area (Å²) in [6.45, 7) is 11.5. The summed E-state index contributed by atoms with van der Waals surface area (Å²) in [6.07, 6.45) is 2.31. The van der Waals surface area contributed by atoms with Crippen molar-refractivity contribution in [2.24, 2.45) is 17.8 Å². The van der Waals surface area contributed by atoms with Gasteiger partial charge in [0.25, 0.3) is 0 Å². The number of rotatable bonds is 6. The van der Waals surface area contributed by atoms with Crippen molar-refractivity contribution in [3.05, 3.63) is 0 Å². The van der Waals surface area contributed by atoms with Crippen LogP contribution in [0.4, 0.5) is 4.79 Å². The van der Waals surface area contributed by atoms with Gasteiger partial charge >= 0.3 is 12.1 Å². The molecule has 1 rings (SSSR count). The standard InChI is InChI=1S/C19H35NO5/c1-12(2)14-8-7-13(3)11-16(14)24-17(22)15(9-10-21)20-18(23)25-19(4,5)6/h12-16,21H,7-11H2,1-6H3,(H,20,23)/t13-,14+,15+,16-/m1/s1. The molecule has 6 heteroatoms. The molecular formula is C19H35NO5. The van der Waals surface area contributed by atoms with E-state index in [1.807, 2.05) is 0 Å². The lowest BCUT2D eigenvalue weighted by atomic mass is 9.75. The van der Waals surface area contributed by atoms with Crippen molar-refractivity contribution in [2.45, 2.75) is 85.0 Å². The highest BCUT2D eigenvalue weighted by molar-refractivity contribution is 5.81. The van der Waals surface area contributed by atoms with E-state index >= 15 is 0 Å². The van der Waals surface area contributed by atoms with Crippen LogP contribution in [-0.4, -0.2) is 41.5 Å². The highest BCUT2D eigenvalue weighted by atomic mass is 16.6. The van der Waals surface area contributed by atoms with Crippen LogP contribution in [0.5, 0.6) is 0 Å². The van der Waals surface area contributed by atoms with Crippen LogP contribution in [-0.2, 0) is 14.3 Å². The Kier molecular flexibility index (Phi) is 8.19. The Hall–Kier alpha value is -1.30. The first-order chi connectivity index (χ1) is 11.5. The smallest absolute Gasteiger partial charge is 0.408 e. The maximum Gasteiger partial charge on any atom is 0.408 e. The number of amides is 1. The number of nitrogens with one attached hydrogen (secondary N) is 1. The molecule has 0 aliphatic heterocycles. The fourth-order valence-electron chi connectivity index (χ4n) is 3.31. The maximum atomic E-state index is 12.6. The number of alkyl carbamates (subject to hydrolysis) is 1. The number of esters is 1. The van der Waals surface area contributed by atoms with Crippen LogP contribution in [0, 0.1) is 17.8 Å². The van der Waals surface area contributed by atoms with Crippen molar-refractivity contribution in [1.29, 1.82) is 0 Å². The molecule has 1 aliphatic rings. The Morgan fingerprint density at radius 1 is 1.24 bits per heavy atom. The van der Waals surface area contributed by atoms with E-state index in [1.165, 1.54) is 0 Å². The summed E-state index contributed by atoms with van der Waals surface area (Å²) in [7, 11) is 0. The van der Waals surface area contributed by atoms with Gasteiger partial charge in [0.1, 0.15) is 17.7 Å². The molecule has 2 N–H and O–H groups in total. The van der Waals surface area contributed by atoms with Crippen molar-refractivity contribution in [3.63, 3.8) is 0 Å². The molecule has 146 valence electrons. The van der Waals surface area contributed by atoms with Crippen LogP contribution >= 0.6 is 0 Å². The molecule has 0 aromatic rings. The highest BCUT2D eigenvalue weighted by Crippen LogP contribution is 2.35. The van der Waals surface area contributed by atoms with Crippen LogP contribution in [0.15, 0.2) is 0 Å². The first-order valence-corrected chi connectivity index (χ1v) is 9.34. The molecule has 0 heterocycles. The first-order valence-electron chi connectivity index (χ1n) is 9.34. The Balaban J connectivity index is 2.72. The van der Waals surface area contributed by atoms with Crippen LogP contribution in [0.3, 0.4) is 0 Å². The Morgan fingerprint density at radius 3 is 2.40 bits per heavy atom. The van der Waals surface area contributed by atoms with Gasteiger partial charge in [0.05, 0.1) is 0 Å². The highest BCUT2D eigenvalue weighted by Gasteiger charge is 2.35. The largest absolute Gasteiger partial charge is 0.461 e. The minimum Gasteiger partial charge on any atom is -0.461 e. The third-order valence-corrected chi connectivity index (χ3v) is 4.62. The van der Waals surface area contributed by atoms with Gasteiger partial charge in [-0.3, -0.25) is 0 Å².